The van der Waals surface area contributed by atoms with E-state index in [-0.39, 0.29) is 50.9 Å². The maximum atomic E-state index is 14.7. The third-order valence-electron chi connectivity index (χ3n) is 10.6. The first kappa shape index (κ1) is 43.1. The summed E-state index contributed by atoms with van der Waals surface area (Å²) in [5.41, 5.74) is -1.28. The third-order valence-corrected chi connectivity index (χ3v) is 13.2. The van der Waals surface area contributed by atoms with Gasteiger partial charge >= 0.3 is 6.09 Å². The number of pyridine rings is 1. The molecule has 2 saturated carbocycles. The minimum Gasteiger partial charge on any atom is -0.497 e. The second kappa shape index (κ2) is 17.2. The Morgan fingerprint density at radius 3 is 2.60 bits per heavy atom. The minimum absolute atomic E-state index is 0.0128. The van der Waals surface area contributed by atoms with E-state index in [0.717, 1.165) is 10.5 Å². The number of alkyl carbamates (subject to hydrolysis) is 1. The molecule has 60 heavy (non-hydrogen) atoms. The Morgan fingerprint density at radius 2 is 1.88 bits per heavy atom. The lowest BCUT2D eigenvalue weighted by molar-refractivity contribution is -0.141. The first-order chi connectivity index (χ1) is 28.4. The van der Waals surface area contributed by atoms with E-state index in [1.807, 2.05) is 37.4 Å². The summed E-state index contributed by atoms with van der Waals surface area (Å²) in [6, 6.07) is 5.22. The van der Waals surface area contributed by atoms with Gasteiger partial charge < -0.3 is 39.8 Å². The van der Waals surface area contributed by atoms with Crippen LogP contribution in [-0.4, -0.2) is 115 Å². The molecule has 3 fully saturated rings. The van der Waals surface area contributed by atoms with Crippen LogP contribution in [0.4, 0.5) is 9.93 Å². The topological polar surface area (TPSA) is 216 Å². The average molecular weight is 868 g/mol. The van der Waals surface area contributed by atoms with E-state index in [1.165, 1.54) is 16.2 Å². The van der Waals surface area contributed by atoms with Gasteiger partial charge in [-0.1, -0.05) is 12.2 Å². The van der Waals surface area contributed by atoms with Crippen LogP contribution in [0.5, 0.6) is 11.6 Å². The number of ether oxygens (including phenoxy) is 4. The van der Waals surface area contributed by atoms with Gasteiger partial charge in [0.15, 0.2) is 5.13 Å². The Bertz CT molecular complexity index is 2270. The Morgan fingerprint density at radius 1 is 1.10 bits per heavy atom. The molecule has 1 unspecified atom stereocenters. The lowest BCUT2D eigenvalue weighted by Crippen LogP contribution is -2.58. The van der Waals surface area contributed by atoms with Crippen molar-refractivity contribution in [3.05, 3.63) is 41.8 Å². The van der Waals surface area contributed by atoms with Crippen LogP contribution < -0.4 is 30.1 Å². The summed E-state index contributed by atoms with van der Waals surface area (Å²) >= 11 is 1.44. The zero-order valence-electron chi connectivity index (χ0n) is 34.6. The molecule has 5 atom stereocenters. The number of hydrogen-bond acceptors (Lipinski definition) is 14. The molecule has 4 heterocycles. The smallest absolute Gasteiger partial charge is 0.408 e. The van der Waals surface area contributed by atoms with Crippen LogP contribution >= 0.6 is 11.3 Å². The largest absolute Gasteiger partial charge is 0.497 e. The molecular formula is C41H53N7O10S2. The predicted molar refractivity (Wildman–Crippen MR) is 224 cm³/mol. The Hall–Kier alpha value is -5.01. The van der Waals surface area contributed by atoms with Crippen LogP contribution in [0.25, 0.3) is 22.2 Å². The first-order valence-electron chi connectivity index (χ1n) is 20.2. The van der Waals surface area contributed by atoms with Crippen LogP contribution in [0.3, 0.4) is 0 Å². The van der Waals surface area contributed by atoms with Crippen molar-refractivity contribution >= 4 is 61.1 Å². The van der Waals surface area contributed by atoms with Crippen molar-refractivity contribution in [3.63, 3.8) is 0 Å². The molecule has 3 aromatic rings. The number of anilines is 1. The third kappa shape index (κ3) is 9.95. The summed E-state index contributed by atoms with van der Waals surface area (Å²) in [4.78, 5) is 67.1. The molecule has 2 aliphatic heterocycles. The maximum Gasteiger partial charge on any atom is 0.408 e. The van der Waals surface area contributed by atoms with E-state index in [2.05, 4.69) is 20.7 Å². The monoisotopic (exact) mass is 867 g/mol. The molecule has 0 radical (unpaired) electrons. The maximum absolute atomic E-state index is 14.7. The molecule has 1 aromatic carbocycles. The number of sulfonamides is 1. The number of carbonyl (C=O) groups is 4. The SMILES string of the molecule is COc1ccc2c(OC3C[C@H]4C(=O)N[C@]5(C(=O)NS(=O)(=O)C6CC6)C[C@H]5/C=C\COCCC[C@H](NC(=O)OC(C)(C)C)C(=O)N4C3)nc(-c3csc(NC(C)C)n3)cc2c1. The minimum atomic E-state index is -3.94. The highest BCUT2D eigenvalue weighted by Gasteiger charge is 2.62. The van der Waals surface area contributed by atoms with Gasteiger partial charge in [0, 0.05) is 35.8 Å². The molecule has 0 bridgehead atoms. The fourth-order valence-corrected chi connectivity index (χ4v) is 9.64. The number of carbonyl (C=O) groups excluding carboxylic acids is 4. The van der Waals surface area contributed by atoms with E-state index < -0.39 is 74.3 Å². The molecular weight excluding hydrogens is 815 g/mol. The van der Waals surface area contributed by atoms with E-state index >= 15 is 0 Å². The number of nitrogens with one attached hydrogen (secondary N) is 4. The number of rotatable bonds is 10. The van der Waals surface area contributed by atoms with E-state index in [1.54, 1.807) is 46.1 Å². The number of methoxy groups -OCH3 is 1. The molecule has 4 aliphatic rings. The number of benzene rings is 1. The van der Waals surface area contributed by atoms with Crippen molar-refractivity contribution in [1.82, 2.24) is 30.2 Å². The predicted octanol–water partition coefficient (Wildman–Crippen LogP) is 4.28. The van der Waals surface area contributed by atoms with Crippen LogP contribution in [0, 0.1) is 5.92 Å². The van der Waals surface area contributed by atoms with Crippen molar-refractivity contribution in [2.75, 3.05) is 32.2 Å². The van der Waals surface area contributed by atoms with E-state index in [4.69, 9.17) is 28.9 Å². The molecule has 2 aromatic heterocycles. The number of fused-ring (bicyclic) bond motifs is 3. The molecule has 19 heteroatoms. The molecule has 1 saturated heterocycles. The van der Waals surface area contributed by atoms with Gasteiger partial charge in [0.1, 0.15) is 40.8 Å². The van der Waals surface area contributed by atoms with Gasteiger partial charge in [-0.05, 0) is 96.4 Å². The van der Waals surface area contributed by atoms with Gasteiger partial charge in [-0.3, -0.25) is 19.1 Å². The fourth-order valence-electron chi connectivity index (χ4n) is 7.42. The molecule has 324 valence electrons. The number of amides is 4. The summed E-state index contributed by atoms with van der Waals surface area (Å²) < 4.78 is 51.5. The Kier molecular flexibility index (Phi) is 12.3. The van der Waals surface area contributed by atoms with Gasteiger partial charge in [0.25, 0.3) is 5.91 Å². The lowest BCUT2D eigenvalue weighted by atomic mass is 10.1. The number of nitrogens with zero attached hydrogens (tertiary/aromatic N) is 3. The highest BCUT2D eigenvalue weighted by molar-refractivity contribution is 7.91. The standard InChI is InChI=1S/C41H53N7O10S2/c1-23(2)42-38-44-32(22-59-38)31-18-24-17-26(55-6)11-14-29(24)35(43-31)57-27-19-33-34(49)46-41(37(51)47-60(53,54)28-12-13-28)20-25(41)9-7-15-56-16-8-10-30(36(50)48(33)21-27)45-39(52)58-40(3,4)5/h7,9,11,14,17-18,22-23,25,27-28,30,33H,8,10,12-13,15-16,19-21H2,1-6H3,(H,42,44)(H,45,52)(H,46,49)(H,47,51)/b9-7-/t25-,27?,30+,33+,41-/m1/s1. The molecule has 7 rings (SSSR count). The average Bonchev–Trinajstić information content (AvgIpc) is 4.06. The van der Waals surface area contributed by atoms with Gasteiger partial charge in [-0.15, -0.1) is 11.3 Å². The van der Waals surface area contributed by atoms with Crippen molar-refractivity contribution in [1.29, 1.82) is 0 Å². The van der Waals surface area contributed by atoms with Crippen molar-refractivity contribution in [3.8, 4) is 23.0 Å². The molecule has 2 aliphatic carbocycles. The second-order valence-corrected chi connectivity index (χ2v) is 19.8. The quantitative estimate of drug-likeness (QED) is 0.210. The first-order valence-corrected chi connectivity index (χ1v) is 22.7. The second-order valence-electron chi connectivity index (χ2n) is 17.0. The van der Waals surface area contributed by atoms with Crippen LogP contribution in [-0.2, 0) is 33.9 Å². The van der Waals surface area contributed by atoms with Crippen molar-refractivity contribution in [2.24, 2.45) is 5.92 Å². The van der Waals surface area contributed by atoms with Gasteiger partial charge in [-0.2, -0.15) is 0 Å². The fraction of sp³-hybridized carbons (Fsp3) is 0.561. The molecule has 4 amide bonds. The van der Waals surface area contributed by atoms with Gasteiger partial charge in [-0.25, -0.2) is 23.2 Å². The summed E-state index contributed by atoms with van der Waals surface area (Å²) in [5, 5.41) is 12.2. The Labute approximate surface area is 353 Å². The molecule has 17 nitrogen and oxygen atoms in total. The zero-order valence-corrected chi connectivity index (χ0v) is 36.2. The molecule has 0 spiro atoms. The van der Waals surface area contributed by atoms with Crippen LogP contribution in [0.1, 0.15) is 73.1 Å². The number of hydrogen-bond donors (Lipinski definition) is 4. The van der Waals surface area contributed by atoms with Crippen LogP contribution in [0.2, 0.25) is 0 Å². The van der Waals surface area contributed by atoms with E-state index in [0.29, 0.717) is 41.8 Å². The van der Waals surface area contributed by atoms with Gasteiger partial charge in [0.05, 0.1) is 31.2 Å². The highest BCUT2D eigenvalue weighted by atomic mass is 32.2. The normalized spacial score (nSPS) is 25.6. The van der Waals surface area contributed by atoms with Gasteiger partial charge in [0.2, 0.25) is 27.7 Å². The number of aromatic nitrogens is 2. The zero-order chi connectivity index (χ0) is 43.0. The molecule has 4 N–H and O–H groups in total. The summed E-state index contributed by atoms with van der Waals surface area (Å²) in [5.74, 6) is -1.74. The van der Waals surface area contributed by atoms with Crippen molar-refractivity contribution in [2.45, 2.75) is 114 Å². The summed E-state index contributed by atoms with van der Waals surface area (Å²) in [7, 11) is -2.37. The van der Waals surface area contributed by atoms with Crippen molar-refractivity contribution < 1.29 is 46.5 Å². The summed E-state index contributed by atoms with van der Waals surface area (Å²) in [6.45, 7) is 9.52. The highest BCUT2D eigenvalue weighted by Crippen LogP contribution is 2.46. The number of thiazole rings is 1. The Balaban J connectivity index is 1.23. The van der Waals surface area contributed by atoms with Crippen LogP contribution in [0.15, 0.2) is 41.8 Å². The lowest BCUT2D eigenvalue weighted by Gasteiger charge is -2.30. The van der Waals surface area contributed by atoms with E-state index in [9.17, 15) is 27.6 Å². The summed E-state index contributed by atoms with van der Waals surface area (Å²) in [6.07, 6.45) is 3.45.